The summed E-state index contributed by atoms with van der Waals surface area (Å²) in [6.07, 6.45) is 4.38. The predicted molar refractivity (Wildman–Crippen MR) is 104 cm³/mol. The van der Waals surface area contributed by atoms with Crippen molar-refractivity contribution < 1.29 is 14.0 Å². The number of likely N-dealkylation sites (tertiary alicyclic amines) is 1. The molecule has 0 spiro atoms. The number of piperidine rings is 1. The van der Waals surface area contributed by atoms with E-state index in [1.807, 2.05) is 18.4 Å². The normalized spacial score (nSPS) is 14.8. The van der Waals surface area contributed by atoms with Crippen LogP contribution in [0.5, 0.6) is 0 Å². The van der Waals surface area contributed by atoms with E-state index in [-0.39, 0.29) is 23.7 Å². The number of pyridine rings is 1. The fourth-order valence-corrected chi connectivity index (χ4v) is 3.85. The highest BCUT2D eigenvalue weighted by Crippen LogP contribution is 2.26. The lowest BCUT2D eigenvalue weighted by Crippen LogP contribution is -2.41. The lowest BCUT2D eigenvalue weighted by Gasteiger charge is -2.31. The zero-order valence-electron chi connectivity index (χ0n) is 15.3. The predicted octanol–water partition coefficient (Wildman–Crippen LogP) is 2.99. The molecule has 0 saturated carbocycles. The maximum absolute atomic E-state index is 12.5. The summed E-state index contributed by atoms with van der Waals surface area (Å²) in [6, 6.07) is 5.45. The van der Waals surface area contributed by atoms with Gasteiger partial charge in [-0.15, -0.1) is 16.4 Å². The second kappa shape index (κ2) is 7.89. The van der Waals surface area contributed by atoms with Crippen LogP contribution in [0.2, 0.25) is 0 Å². The van der Waals surface area contributed by atoms with E-state index in [1.54, 1.807) is 40.8 Å². The van der Waals surface area contributed by atoms with Crippen LogP contribution in [0.3, 0.4) is 0 Å². The van der Waals surface area contributed by atoms with Gasteiger partial charge in [0.05, 0.1) is 0 Å². The third kappa shape index (κ3) is 3.94. The molecular formula is C19H19N5O3S. The van der Waals surface area contributed by atoms with E-state index in [0.29, 0.717) is 37.4 Å². The van der Waals surface area contributed by atoms with Crippen molar-refractivity contribution in [3.8, 4) is 11.5 Å². The summed E-state index contributed by atoms with van der Waals surface area (Å²) < 4.78 is 5.54. The molecule has 8 nitrogen and oxygen atoms in total. The summed E-state index contributed by atoms with van der Waals surface area (Å²) in [5.74, 6) is -0.000726. The largest absolute Gasteiger partial charge is 0.403 e. The Bertz CT molecular complexity index is 976. The summed E-state index contributed by atoms with van der Waals surface area (Å²) in [7, 11) is 0. The number of anilines is 1. The van der Waals surface area contributed by atoms with Crippen LogP contribution < -0.4 is 5.32 Å². The van der Waals surface area contributed by atoms with Crippen molar-refractivity contribution in [3.63, 3.8) is 0 Å². The number of hydrogen-bond donors (Lipinski definition) is 1. The number of rotatable bonds is 4. The van der Waals surface area contributed by atoms with Crippen LogP contribution >= 0.6 is 11.3 Å². The number of nitrogens with zero attached hydrogens (tertiary/aromatic N) is 4. The number of carbonyl (C=O) groups excluding carboxylic acids is 2. The van der Waals surface area contributed by atoms with E-state index in [4.69, 9.17) is 4.42 Å². The molecule has 4 rings (SSSR count). The van der Waals surface area contributed by atoms with Gasteiger partial charge in [-0.1, -0.05) is 5.10 Å². The molecule has 0 atom stereocenters. The van der Waals surface area contributed by atoms with Gasteiger partial charge in [-0.2, -0.15) is 0 Å². The molecule has 3 aromatic heterocycles. The molecule has 1 aliphatic rings. The van der Waals surface area contributed by atoms with Gasteiger partial charge < -0.3 is 9.32 Å². The fraction of sp³-hybridized carbons (Fsp3) is 0.316. The van der Waals surface area contributed by atoms with Crippen molar-refractivity contribution in [2.45, 2.75) is 19.8 Å². The standard InChI is InChI=1S/C19H19N5O3S/c1-12-10-15(11-28-12)17-22-23-19(27-17)21-16(25)13-4-8-24(9-5-13)18(26)14-2-6-20-7-3-14/h2-3,6-7,10-11,13H,4-5,8-9H2,1H3,(H,21,23,25). The van der Waals surface area contributed by atoms with Crippen LogP contribution in [0, 0.1) is 12.8 Å². The molecule has 1 saturated heterocycles. The first-order chi connectivity index (χ1) is 13.6. The van der Waals surface area contributed by atoms with E-state index in [1.165, 1.54) is 0 Å². The molecule has 0 aliphatic carbocycles. The number of thiophene rings is 1. The number of aryl methyl sites for hydroxylation is 1. The Morgan fingerprint density at radius 3 is 2.64 bits per heavy atom. The molecule has 0 radical (unpaired) electrons. The Morgan fingerprint density at radius 2 is 1.96 bits per heavy atom. The SMILES string of the molecule is Cc1cc(-c2nnc(NC(=O)C3CCN(C(=O)c4ccncc4)CC3)o2)cs1. The van der Waals surface area contributed by atoms with Crippen LogP contribution in [0.1, 0.15) is 28.1 Å². The quantitative estimate of drug-likeness (QED) is 0.726. The minimum Gasteiger partial charge on any atom is -0.403 e. The lowest BCUT2D eigenvalue weighted by molar-refractivity contribution is -0.121. The Kier molecular flexibility index (Phi) is 5.16. The third-order valence-corrected chi connectivity index (χ3v) is 5.57. The molecule has 0 unspecified atom stereocenters. The zero-order chi connectivity index (χ0) is 19.5. The number of nitrogens with one attached hydrogen (secondary N) is 1. The first-order valence-corrected chi connectivity index (χ1v) is 9.87. The van der Waals surface area contributed by atoms with Crippen LogP contribution in [0.15, 0.2) is 40.4 Å². The van der Waals surface area contributed by atoms with Gasteiger partial charge in [-0.05, 0) is 38.0 Å². The maximum atomic E-state index is 12.5. The van der Waals surface area contributed by atoms with Crippen LogP contribution in [-0.2, 0) is 4.79 Å². The highest BCUT2D eigenvalue weighted by atomic mass is 32.1. The van der Waals surface area contributed by atoms with Gasteiger partial charge in [0.15, 0.2) is 0 Å². The Labute approximate surface area is 165 Å². The maximum Gasteiger partial charge on any atom is 0.322 e. The van der Waals surface area contributed by atoms with Gasteiger partial charge in [0.25, 0.3) is 11.8 Å². The summed E-state index contributed by atoms with van der Waals surface area (Å²) in [4.78, 5) is 31.8. The Morgan fingerprint density at radius 1 is 1.21 bits per heavy atom. The Balaban J connectivity index is 1.32. The lowest BCUT2D eigenvalue weighted by atomic mass is 9.95. The molecule has 4 heterocycles. The van der Waals surface area contributed by atoms with Crippen molar-refractivity contribution in [2.75, 3.05) is 18.4 Å². The van der Waals surface area contributed by atoms with Crippen molar-refractivity contribution >= 4 is 29.2 Å². The molecule has 144 valence electrons. The first-order valence-electron chi connectivity index (χ1n) is 8.99. The van der Waals surface area contributed by atoms with Crippen molar-refractivity contribution in [2.24, 2.45) is 5.92 Å². The molecule has 1 aliphatic heterocycles. The minimum absolute atomic E-state index is 0.0335. The minimum atomic E-state index is -0.194. The zero-order valence-corrected chi connectivity index (χ0v) is 16.1. The molecule has 28 heavy (non-hydrogen) atoms. The Hall–Kier alpha value is -3.07. The topological polar surface area (TPSA) is 101 Å². The molecule has 1 N–H and O–H groups in total. The highest BCUT2D eigenvalue weighted by molar-refractivity contribution is 7.10. The van der Waals surface area contributed by atoms with Crippen molar-refractivity contribution in [1.29, 1.82) is 0 Å². The first kappa shape index (κ1) is 18.3. The summed E-state index contributed by atoms with van der Waals surface area (Å²) >= 11 is 1.60. The summed E-state index contributed by atoms with van der Waals surface area (Å²) in [6.45, 7) is 3.06. The van der Waals surface area contributed by atoms with Gasteiger partial charge in [-0.3, -0.25) is 19.9 Å². The molecule has 2 amide bonds. The molecule has 9 heteroatoms. The second-order valence-electron chi connectivity index (χ2n) is 6.65. The monoisotopic (exact) mass is 397 g/mol. The number of aromatic nitrogens is 3. The highest BCUT2D eigenvalue weighted by Gasteiger charge is 2.28. The van der Waals surface area contributed by atoms with Gasteiger partial charge in [0, 0.05) is 52.8 Å². The van der Waals surface area contributed by atoms with E-state index < -0.39 is 0 Å². The average Bonchev–Trinajstić information content (AvgIpc) is 3.37. The molecule has 0 aromatic carbocycles. The van der Waals surface area contributed by atoms with E-state index >= 15 is 0 Å². The van der Waals surface area contributed by atoms with Crippen LogP contribution in [-0.4, -0.2) is 45.0 Å². The van der Waals surface area contributed by atoms with Crippen LogP contribution in [0.25, 0.3) is 11.5 Å². The van der Waals surface area contributed by atoms with Crippen LogP contribution in [0.4, 0.5) is 6.01 Å². The molecule has 3 aromatic rings. The van der Waals surface area contributed by atoms with Crippen molar-refractivity contribution in [3.05, 3.63) is 46.4 Å². The van der Waals surface area contributed by atoms with Gasteiger partial charge in [0.2, 0.25) is 5.91 Å². The van der Waals surface area contributed by atoms with E-state index in [0.717, 1.165) is 10.4 Å². The van der Waals surface area contributed by atoms with E-state index in [9.17, 15) is 9.59 Å². The van der Waals surface area contributed by atoms with Crippen molar-refractivity contribution in [1.82, 2.24) is 20.1 Å². The smallest absolute Gasteiger partial charge is 0.322 e. The summed E-state index contributed by atoms with van der Waals surface area (Å²) in [5, 5.41) is 12.5. The number of hydrogen-bond acceptors (Lipinski definition) is 7. The number of carbonyl (C=O) groups is 2. The van der Waals surface area contributed by atoms with Gasteiger partial charge >= 0.3 is 6.01 Å². The van der Waals surface area contributed by atoms with Gasteiger partial charge in [0.1, 0.15) is 0 Å². The average molecular weight is 397 g/mol. The number of amides is 2. The second-order valence-corrected chi connectivity index (χ2v) is 7.77. The van der Waals surface area contributed by atoms with E-state index in [2.05, 4.69) is 20.5 Å². The summed E-state index contributed by atoms with van der Waals surface area (Å²) in [5.41, 5.74) is 1.46. The fourth-order valence-electron chi connectivity index (χ4n) is 3.18. The molecule has 0 bridgehead atoms. The molecular weight excluding hydrogens is 378 g/mol. The molecule has 1 fully saturated rings. The third-order valence-electron chi connectivity index (χ3n) is 4.71. The van der Waals surface area contributed by atoms with Gasteiger partial charge in [-0.25, -0.2) is 0 Å².